The summed E-state index contributed by atoms with van der Waals surface area (Å²) < 4.78 is 12.4. The number of aromatic nitrogens is 2. The molecule has 0 aromatic carbocycles. The predicted molar refractivity (Wildman–Crippen MR) is 101 cm³/mol. The molecule has 2 amide bonds. The molecule has 2 aromatic rings. The van der Waals surface area contributed by atoms with Crippen LogP contribution in [0.4, 0.5) is 5.69 Å². The molecule has 1 saturated heterocycles. The molecule has 0 aliphatic carbocycles. The van der Waals surface area contributed by atoms with Gasteiger partial charge >= 0.3 is 0 Å². The van der Waals surface area contributed by atoms with Crippen LogP contribution < -0.4 is 10.6 Å². The highest BCUT2D eigenvalue weighted by Gasteiger charge is 2.24. The number of amides is 2. The normalized spacial score (nSPS) is 17.3. The van der Waals surface area contributed by atoms with Crippen molar-refractivity contribution in [2.24, 2.45) is 0 Å². The molecule has 1 atom stereocenters. The monoisotopic (exact) mass is 390 g/mol. The molecule has 0 saturated carbocycles. The fraction of sp³-hybridized carbons (Fsp3) is 0.526. The first-order valence-corrected chi connectivity index (χ1v) is 9.40. The number of carbonyl (C=O) groups is 2. The van der Waals surface area contributed by atoms with E-state index in [1.54, 1.807) is 30.8 Å². The second-order valence-electron chi connectivity index (χ2n) is 7.44. The Balaban J connectivity index is 1.78. The van der Waals surface area contributed by atoms with Crippen LogP contribution in [0, 0.1) is 0 Å². The lowest BCUT2D eigenvalue weighted by atomic mass is 10.1. The van der Waals surface area contributed by atoms with Crippen molar-refractivity contribution < 1.29 is 23.8 Å². The first-order chi connectivity index (χ1) is 13.3. The molecule has 3 rings (SSSR count). The summed E-state index contributed by atoms with van der Waals surface area (Å²) in [7, 11) is 0. The summed E-state index contributed by atoms with van der Waals surface area (Å²) in [6.45, 7) is 4.25. The highest BCUT2D eigenvalue weighted by Crippen LogP contribution is 2.25. The maximum absolute atomic E-state index is 12.6. The quantitative estimate of drug-likeness (QED) is 0.668. The topological polar surface area (TPSA) is 119 Å². The molecule has 1 unspecified atom stereocenters. The molecule has 0 radical (unpaired) electrons. The number of nitrogens with zero attached hydrogens (tertiary/aromatic N) is 2. The van der Waals surface area contributed by atoms with Gasteiger partial charge in [-0.25, -0.2) is 4.68 Å². The maximum Gasteiger partial charge on any atom is 0.291 e. The van der Waals surface area contributed by atoms with Crippen LogP contribution in [0.15, 0.2) is 29.0 Å². The van der Waals surface area contributed by atoms with E-state index in [0.29, 0.717) is 13.0 Å². The fourth-order valence-electron chi connectivity index (χ4n) is 2.89. The maximum atomic E-state index is 12.6. The van der Waals surface area contributed by atoms with Crippen LogP contribution in [-0.2, 0) is 4.74 Å². The molecule has 1 aliphatic rings. The van der Waals surface area contributed by atoms with Gasteiger partial charge in [0.05, 0.1) is 23.7 Å². The molecule has 1 fully saturated rings. The number of hydrogen-bond acceptors (Lipinski definition) is 6. The summed E-state index contributed by atoms with van der Waals surface area (Å²) in [4.78, 5) is 25.0. The minimum absolute atomic E-state index is 0.0878. The van der Waals surface area contributed by atoms with E-state index in [-0.39, 0.29) is 29.9 Å². The Kier molecular flexibility index (Phi) is 6.15. The first kappa shape index (κ1) is 20.1. The molecule has 0 bridgehead atoms. The van der Waals surface area contributed by atoms with Crippen molar-refractivity contribution in [3.05, 3.63) is 36.0 Å². The molecular formula is C19H26N4O5. The van der Waals surface area contributed by atoms with Crippen molar-refractivity contribution in [3.8, 4) is 0 Å². The van der Waals surface area contributed by atoms with Crippen LogP contribution in [0.2, 0.25) is 0 Å². The summed E-state index contributed by atoms with van der Waals surface area (Å²) in [5, 5.41) is 19.6. The van der Waals surface area contributed by atoms with Gasteiger partial charge in [-0.15, -0.1) is 0 Å². The van der Waals surface area contributed by atoms with Gasteiger partial charge in [-0.1, -0.05) is 0 Å². The zero-order valence-corrected chi connectivity index (χ0v) is 16.1. The van der Waals surface area contributed by atoms with Crippen molar-refractivity contribution in [2.45, 2.75) is 51.4 Å². The Hall–Kier alpha value is -2.65. The number of rotatable bonds is 7. The number of anilines is 1. The Labute approximate surface area is 163 Å². The van der Waals surface area contributed by atoms with Crippen molar-refractivity contribution in [2.75, 3.05) is 18.5 Å². The number of aliphatic hydroxyl groups is 1. The molecular weight excluding hydrogens is 364 g/mol. The summed E-state index contributed by atoms with van der Waals surface area (Å²) in [5.41, 5.74) is -0.528. The highest BCUT2D eigenvalue weighted by atomic mass is 16.5. The van der Waals surface area contributed by atoms with Crippen LogP contribution >= 0.6 is 0 Å². The van der Waals surface area contributed by atoms with Crippen LogP contribution in [0.25, 0.3) is 0 Å². The number of ether oxygens (including phenoxy) is 1. The molecule has 28 heavy (non-hydrogen) atoms. The number of carbonyl (C=O) groups excluding carboxylic acids is 2. The van der Waals surface area contributed by atoms with Crippen molar-refractivity contribution in [3.63, 3.8) is 0 Å². The lowest BCUT2D eigenvalue weighted by Gasteiger charge is -2.22. The second-order valence-corrected chi connectivity index (χ2v) is 7.44. The van der Waals surface area contributed by atoms with Gasteiger partial charge in [-0.2, -0.15) is 5.10 Å². The largest absolute Gasteiger partial charge is 0.459 e. The minimum Gasteiger partial charge on any atom is -0.459 e. The van der Waals surface area contributed by atoms with Gasteiger partial charge in [0, 0.05) is 13.2 Å². The third kappa shape index (κ3) is 5.20. The Morgan fingerprint density at radius 2 is 2.18 bits per heavy atom. The van der Waals surface area contributed by atoms with Gasteiger partial charge in [0.25, 0.3) is 11.8 Å². The summed E-state index contributed by atoms with van der Waals surface area (Å²) in [5.74, 6) is -0.775. The second kappa shape index (κ2) is 8.57. The lowest BCUT2D eigenvalue weighted by Crippen LogP contribution is -2.31. The van der Waals surface area contributed by atoms with Crippen molar-refractivity contribution >= 4 is 17.5 Å². The van der Waals surface area contributed by atoms with Crippen LogP contribution in [0.3, 0.4) is 0 Å². The van der Waals surface area contributed by atoms with E-state index in [9.17, 15) is 14.7 Å². The van der Waals surface area contributed by atoms with Crippen LogP contribution in [0.1, 0.15) is 66.8 Å². The fourth-order valence-corrected chi connectivity index (χ4v) is 2.89. The average Bonchev–Trinajstić information content (AvgIpc) is 3.31. The van der Waals surface area contributed by atoms with Crippen molar-refractivity contribution in [1.29, 1.82) is 0 Å². The van der Waals surface area contributed by atoms with Gasteiger partial charge in [-0.3, -0.25) is 9.59 Å². The summed E-state index contributed by atoms with van der Waals surface area (Å²) in [6.07, 6.45) is 5.90. The van der Waals surface area contributed by atoms with Gasteiger partial charge in [0.15, 0.2) is 11.5 Å². The smallest absolute Gasteiger partial charge is 0.291 e. The van der Waals surface area contributed by atoms with E-state index < -0.39 is 17.4 Å². The molecule has 3 N–H and O–H groups in total. The lowest BCUT2D eigenvalue weighted by molar-refractivity contribution is -0.0395. The molecule has 2 aromatic heterocycles. The number of nitrogens with one attached hydrogen (secondary N) is 2. The van der Waals surface area contributed by atoms with E-state index in [1.165, 1.54) is 12.3 Å². The summed E-state index contributed by atoms with van der Waals surface area (Å²) >= 11 is 0. The third-order valence-corrected chi connectivity index (χ3v) is 4.41. The number of hydrogen-bond donors (Lipinski definition) is 3. The summed E-state index contributed by atoms with van der Waals surface area (Å²) in [6, 6.07) is 3.14. The predicted octanol–water partition coefficient (Wildman–Crippen LogP) is 2.32. The van der Waals surface area contributed by atoms with E-state index in [2.05, 4.69) is 15.7 Å². The Morgan fingerprint density at radius 1 is 1.36 bits per heavy atom. The van der Waals surface area contributed by atoms with Gasteiger partial charge in [-0.05, 0) is 51.7 Å². The standard InChI is InChI=1S/C19H26N4O5/c1-19(2,26)8-9-20-18(25)16-13(21-17(24)14-6-5-11-27-14)12-23(22-16)15-7-3-4-10-28-15/h5-6,11-12,15,26H,3-4,7-10H2,1-2H3,(H,20,25)(H,21,24). The molecule has 0 spiro atoms. The number of furan rings is 1. The SMILES string of the molecule is CC(C)(O)CCNC(=O)c1nn(C2CCCCO2)cc1NC(=O)c1ccco1. The zero-order valence-electron chi connectivity index (χ0n) is 16.1. The average molecular weight is 390 g/mol. The van der Waals surface area contributed by atoms with Crippen molar-refractivity contribution in [1.82, 2.24) is 15.1 Å². The van der Waals surface area contributed by atoms with Gasteiger partial charge < -0.3 is 24.9 Å². The van der Waals surface area contributed by atoms with Gasteiger partial charge in [0.2, 0.25) is 0 Å². The Bertz CT molecular complexity index is 801. The third-order valence-electron chi connectivity index (χ3n) is 4.41. The highest BCUT2D eigenvalue weighted by molar-refractivity contribution is 6.06. The molecule has 1 aliphatic heterocycles. The van der Waals surface area contributed by atoms with E-state index in [1.807, 2.05) is 0 Å². The van der Waals surface area contributed by atoms with Crippen LogP contribution in [0.5, 0.6) is 0 Å². The van der Waals surface area contributed by atoms with E-state index in [0.717, 1.165) is 19.3 Å². The van der Waals surface area contributed by atoms with E-state index >= 15 is 0 Å². The first-order valence-electron chi connectivity index (χ1n) is 9.40. The van der Waals surface area contributed by atoms with Gasteiger partial charge in [0.1, 0.15) is 6.23 Å². The molecule has 9 nitrogen and oxygen atoms in total. The van der Waals surface area contributed by atoms with E-state index in [4.69, 9.17) is 9.15 Å². The molecule has 3 heterocycles. The minimum atomic E-state index is -0.890. The molecule has 152 valence electrons. The Morgan fingerprint density at radius 3 is 2.82 bits per heavy atom. The van der Waals surface area contributed by atoms with Crippen LogP contribution in [-0.4, -0.2) is 45.5 Å². The molecule has 9 heteroatoms. The zero-order chi connectivity index (χ0) is 20.1.